The summed E-state index contributed by atoms with van der Waals surface area (Å²) >= 11 is 0. The number of ether oxygens (including phenoxy) is 1. The molecule has 10 heteroatoms. The van der Waals surface area contributed by atoms with E-state index in [0.29, 0.717) is 28.6 Å². The van der Waals surface area contributed by atoms with E-state index in [1.165, 1.54) is 0 Å². The molecular weight excluding hydrogens is 432 g/mol. The molecule has 3 heterocycles. The third kappa shape index (κ3) is 4.38. The number of hydrogen-bond acceptors (Lipinski definition) is 7. The van der Waals surface area contributed by atoms with E-state index >= 15 is 0 Å². The standard InChI is InChI=1S/C24H24N8O2/c1-14(2)27-20(33)12-34-18-6-4-5-15(10-18)22-29-23(21-24(30-22)32(3)13-25-21)28-17-7-8-19-16(9-17)11-26-31-19/h4-11,13-14H,12H2,1-3H3,(H,26,31)(H,27,33)(H,28,29,30). The second kappa shape index (κ2) is 8.81. The molecular formula is C24H24N8O2. The summed E-state index contributed by atoms with van der Waals surface area (Å²) in [6.45, 7) is 3.75. The number of nitrogens with zero attached hydrogens (tertiary/aromatic N) is 5. The molecule has 0 saturated carbocycles. The van der Waals surface area contributed by atoms with Crippen LogP contribution in [-0.2, 0) is 11.8 Å². The Morgan fingerprint density at radius 1 is 1.18 bits per heavy atom. The van der Waals surface area contributed by atoms with Crippen molar-refractivity contribution in [3.8, 4) is 17.1 Å². The number of aromatic nitrogens is 6. The van der Waals surface area contributed by atoms with Gasteiger partial charge in [-0.3, -0.25) is 9.89 Å². The fourth-order valence-electron chi connectivity index (χ4n) is 3.62. The predicted molar refractivity (Wildman–Crippen MR) is 130 cm³/mol. The van der Waals surface area contributed by atoms with Crippen LogP contribution in [0.15, 0.2) is 55.0 Å². The van der Waals surface area contributed by atoms with Gasteiger partial charge in [-0.25, -0.2) is 15.0 Å². The average molecular weight is 457 g/mol. The van der Waals surface area contributed by atoms with Gasteiger partial charge in [0.1, 0.15) is 5.75 Å². The number of carbonyl (C=O) groups is 1. The summed E-state index contributed by atoms with van der Waals surface area (Å²) in [5.41, 5.74) is 3.93. The number of aryl methyl sites for hydroxylation is 1. The Kier molecular flexibility index (Phi) is 5.54. The van der Waals surface area contributed by atoms with Gasteiger partial charge in [0, 0.05) is 29.7 Å². The molecule has 0 radical (unpaired) electrons. The fraction of sp³-hybridized carbons (Fsp3) is 0.208. The van der Waals surface area contributed by atoms with E-state index in [2.05, 4.69) is 25.8 Å². The highest BCUT2D eigenvalue weighted by molar-refractivity contribution is 5.89. The van der Waals surface area contributed by atoms with Gasteiger partial charge in [0.2, 0.25) is 0 Å². The number of nitrogens with one attached hydrogen (secondary N) is 3. The van der Waals surface area contributed by atoms with Crippen molar-refractivity contribution in [3.63, 3.8) is 0 Å². The second-order valence-corrected chi connectivity index (χ2v) is 8.26. The van der Waals surface area contributed by atoms with Crippen molar-refractivity contribution in [2.45, 2.75) is 19.9 Å². The van der Waals surface area contributed by atoms with Gasteiger partial charge in [0.15, 0.2) is 29.4 Å². The first-order chi connectivity index (χ1) is 16.5. The zero-order valence-electron chi connectivity index (χ0n) is 19.0. The Morgan fingerprint density at radius 2 is 2.06 bits per heavy atom. The van der Waals surface area contributed by atoms with Crippen LogP contribution in [0.2, 0.25) is 0 Å². The van der Waals surface area contributed by atoms with Gasteiger partial charge in [-0.1, -0.05) is 12.1 Å². The maximum absolute atomic E-state index is 11.9. The van der Waals surface area contributed by atoms with E-state index < -0.39 is 0 Å². The molecule has 0 saturated heterocycles. The van der Waals surface area contributed by atoms with Crippen LogP contribution in [0.4, 0.5) is 11.5 Å². The van der Waals surface area contributed by atoms with Gasteiger partial charge >= 0.3 is 0 Å². The summed E-state index contributed by atoms with van der Waals surface area (Å²) < 4.78 is 7.53. The Morgan fingerprint density at radius 3 is 2.91 bits per heavy atom. The molecule has 0 unspecified atom stereocenters. The lowest BCUT2D eigenvalue weighted by molar-refractivity contribution is -0.123. The Balaban J connectivity index is 1.47. The van der Waals surface area contributed by atoms with E-state index in [-0.39, 0.29) is 18.6 Å². The maximum Gasteiger partial charge on any atom is 0.258 e. The molecule has 0 bridgehead atoms. The van der Waals surface area contributed by atoms with Crippen molar-refractivity contribution < 1.29 is 9.53 Å². The van der Waals surface area contributed by atoms with Crippen molar-refractivity contribution in [1.82, 2.24) is 35.0 Å². The van der Waals surface area contributed by atoms with Crippen LogP contribution < -0.4 is 15.4 Å². The zero-order valence-corrected chi connectivity index (χ0v) is 19.0. The lowest BCUT2D eigenvalue weighted by Gasteiger charge is -2.11. The molecule has 5 aromatic rings. The van der Waals surface area contributed by atoms with E-state index in [9.17, 15) is 4.79 Å². The van der Waals surface area contributed by atoms with Gasteiger partial charge < -0.3 is 19.9 Å². The average Bonchev–Trinajstić information content (AvgIpc) is 3.44. The highest BCUT2D eigenvalue weighted by Crippen LogP contribution is 2.28. The smallest absolute Gasteiger partial charge is 0.258 e. The SMILES string of the molecule is CC(C)NC(=O)COc1cccc(-c2nc(Nc3ccc4[nH]ncc4c3)c3ncn(C)c3n2)c1. The minimum Gasteiger partial charge on any atom is -0.484 e. The number of fused-ring (bicyclic) bond motifs is 2. The van der Waals surface area contributed by atoms with Crippen molar-refractivity contribution >= 4 is 39.5 Å². The van der Waals surface area contributed by atoms with Crippen LogP contribution >= 0.6 is 0 Å². The van der Waals surface area contributed by atoms with Crippen molar-refractivity contribution in [1.29, 1.82) is 0 Å². The minimum atomic E-state index is -0.172. The third-order valence-corrected chi connectivity index (χ3v) is 5.17. The van der Waals surface area contributed by atoms with Gasteiger partial charge in [-0.15, -0.1) is 0 Å². The van der Waals surface area contributed by atoms with Crippen LogP contribution in [0.3, 0.4) is 0 Å². The molecule has 0 aliphatic carbocycles. The molecule has 0 atom stereocenters. The number of H-pyrrole nitrogens is 1. The number of carbonyl (C=O) groups excluding carboxylic acids is 1. The Bertz CT molecular complexity index is 1490. The highest BCUT2D eigenvalue weighted by Gasteiger charge is 2.15. The first kappa shape index (κ1) is 21.4. The topological polar surface area (TPSA) is 123 Å². The molecule has 34 heavy (non-hydrogen) atoms. The fourth-order valence-corrected chi connectivity index (χ4v) is 3.62. The minimum absolute atomic E-state index is 0.0570. The van der Waals surface area contributed by atoms with Crippen molar-refractivity contribution in [2.75, 3.05) is 11.9 Å². The summed E-state index contributed by atoms with van der Waals surface area (Å²) in [4.78, 5) is 25.9. The Labute approximate surface area is 195 Å². The monoisotopic (exact) mass is 456 g/mol. The second-order valence-electron chi connectivity index (χ2n) is 8.26. The molecule has 3 aromatic heterocycles. The maximum atomic E-state index is 11.9. The summed E-state index contributed by atoms with van der Waals surface area (Å²) in [5.74, 6) is 1.49. The molecule has 1 amide bonds. The molecule has 10 nitrogen and oxygen atoms in total. The van der Waals surface area contributed by atoms with E-state index in [0.717, 1.165) is 22.2 Å². The summed E-state index contributed by atoms with van der Waals surface area (Å²) in [6.07, 6.45) is 3.48. The van der Waals surface area contributed by atoms with Crippen LogP contribution in [0, 0.1) is 0 Å². The summed E-state index contributed by atoms with van der Waals surface area (Å²) in [7, 11) is 1.89. The van der Waals surface area contributed by atoms with Gasteiger partial charge in [-0.05, 0) is 44.2 Å². The number of amides is 1. The van der Waals surface area contributed by atoms with Crippen LogP contribution in [0.5, 0.6) is 5.75 Å². The molecule has 2 aromatic carbocycles. The van der Waals surface area contributed by atoms with E-state index in [1.807, 2.05) is 61.9 Å². The molecule has 3 N–H and O–H groups in total. The molecule has 5 rings (SSSR count). The van der Waals surface area contributed by atoms with Crippen molar-refractivity contribution in [3.05, 3.63) is 55.0 Å². The van der Waals surface area contributed by atoms with Crippen LogP contribution in [0.25, 0.3) is 33.5 Å². The van der Waals surface area contributed by atoms with E-state index in [4.69, 9.17) is 14.7 Å². The number of benzene rings is 2. The number of anilines is 2. The number of rotatable bonds is 7. The lowest BCUT2D eigenvalue weighted by atomic mass is 10.2. The predicted octanol–water partition coefficient (Wildman–Crippen LogP) is 3.55. The zero-order chi connectivity index (χ0) is 23.7. The van der Waals surface area contributed by atoms with Crippen molar-refractivity contribution in [2.24, 2.45) is 7.05 Å². The number of hydrogen-bond donors (Lipinski definition) is 3. The Hall–Kier alpha value is -4.47. The first-order valence-electron chi connectivity index (χ1n) is 10.9. The van der Waals surface area contributed by atoms with E-state index in [1.54, 1.807) is 18.6 Å². The normalized spacial score (nSPS) is 11.3. The molecule has 172 valence electrons. The quantitative estimate of drug-likeness (QED) is 0.342. The molecule has 0 aliphatic rings. The third-order valence-electron chi connectivity index (χ3n) is 5.17. The molecule has 0 fully saturated rings. The number of imidazole rings is 1. The molecule has 0 aliphatic heterocycles. The summed E-state index contributed by atoms with van der Waals surface area (Å²) in [6, 6.07) is 13.3. The number of aromatic amines is 1. The van der Waals surface area contributed by atoms with Gasteiger partial charge in [-0.2, -0.15) is 5.10 Å². The lowest BCUT2D eigenvalue weighted by Crippen LogP contribution is -2.34. The van der Waals surface area contributed by atoms with Crippen LogP contribution in [-0.4, -0.2) is 48.3 Å². The largest absolute Gasteiger partial charge is 0.484 e. The molecule has 0 spiro atoms. The van der Waals surface area contributed by atoms with Crippen LogP contribution in [0.1, 0.15) is 13.8 Å². The summed E-state index contributed by atoms with van der Waals surface area (Å²) in [5, 5.41) is 14.2. The van der Waals surface area contributed by atoms with Gasteiger partial charge in [0.05, 0.1) is 18.0 Å². The van der Waals surface area contributed by atoms with Gasteiger partial charge in [0.25, 0.3) is 5.91 Å². The highest BCUT2D eigenvalue weighted by atomic mass is 16.5. The first-order valence-corrected chi connectivity index (χ1v) is 10.9.